The maximum atomic E-state index is 15.1. The monoisotopic (exact) mass is 444 g/mol. The highest BCUT2D eigenvalue weighted by Crippen LogP contribution is 2.36. The van der Waals surface area contributed by atoms with E-state index in [0.29, 0.717) is 11.4 Å². The highest BCUT2D eigenvalue weighted by molar-refractivity contribution is 6.32. The maximum Gasteiger partial charge on any atom is 0.270 e. The Balaban J connectivity index is 1.62. The number of aromatic nitrogens is 5. The molecular formula is C19H11Cl2FN6O2. The highest BCUT2D eigenvalue weighted by atomic mass is 35.5. The topological polar surface area (TPSA) is 114 Å². The molecule has 150 valence electrons. The largest absolute Gasteiger partial charge is 0.453 e. The first kappa shape index (κ1) is 19.8. The van der Waals surface area contributed by atoms with Gasteiger partial charge in [-0.25, -0.2) is 4.39 Å². The first-order valence-electron chi connectivity index (χ1n) is 8.50. The number of aryl methyl sites for hydroxylation is 1. The van der Waals surface area contributed by atoms with Crippen molar-refractivity contribution in [3.63, 3.8) is 0 Å². The standard InChI is InChI=1S/C19H11Cl2FN6O2/c1-9-17(26-28-24-9)19-27-25-15(30-19)6-11-2-3-14(21)18(16(11)22)29-13-5-10(8-23)4-12(20)7-13/h2-5,7H,6H2,1H3,(H,24,26,28). The van der Waals surface area contributed by atoms with Gasteiger partial charge >= 0.3 is 0 Å². The van der Waals surface area contributed by atoms with Crippen LogP contribution in [0.3, 0.4) is 0 Å². The molecule has 0 saturated carbocycles. The molecule has 0 radical (unpaired) electrons. The molecule has 8 nitrogen and oxygen atoms in total. The number of ether oxygens (including phenoxy) is 1. The number of aromatic amines is 1. The van der Waals surface area contributed by atoms with Crippen molar-refractivity contribution in [1.82, 2.24) is 25.6 Å². The molecular weight excluding hydrogens is 434 g/mol. The lowest BCUT2D eigenvalue weighted by Gasteiger charge is -2.11. The smallest absolute Gasteiger partial charge is 0.270 e. The summed E-state index contributed by atoms with van der Waals surface area (Å²) in [6.07, 6.45) is 0.00223. The van der Waals surface area contributed by atoms with Gasteiger partial charge in [0, 0.05) is 10.6 Å². The van der Waals surface area contributed by atoms with Gasteiger partial charge in [0.25, 0.3) is 5.89 Å². The second kappa shape index (κ2) is 8.10. The third kappa shape index (κ3) is 3.96. The van der Waals surface area contributed by atoms with E-state index < -0.39 is 5.82 Å². The molecule has 11 heteroatoms. The fraction of sp³-hybridized carbons (Fsp3) is 0.105. The van der Waals surface area contributed by atoms with E-state index in [1.807, 2.05) is 6.07 Å². The summed E-state index contributed by atoms with van der Waals surface area (Å²) >= 11 is 12.1. The predicted molar refractivity (Wildman–Crippen MR) is 105 cm³/mol. The van der Waals surface area contributed by atoms with E-state index in [2.05, 4.69) is 25.6 Å². The molecule has 0 unspecified atom stereocenters. The minimum Gasteiger partial charge on any atom is -0.453 e. The molecule has 2 aromatic heterocycles. The number of rotatable bonds is 5. The average Bonchev–Trinajstić information content (AvgIpc) is 3.35. The van der Waals surface area contributed by atoms with Crippen molar-refractivity contribution < 1.29 is 13.5 Å². The molecule has 1 N–H and O–H groups in total. The SMILES string of the molecule is Cc1[nH]nnc1-c1nnc(Cc2ccc(Cl)c(Oc3cc(Cl)cc(C#N)c3)c2F)o1. The van der Waals surface area contributed by atoms with Crippen LogP contribution < -0.4 is 4.74 Å². The van der Waals surface area contributed by atoms with Crippen LogP contribution in [0.5, 0.6) is 11.5 Å². The van der Waals surface area contributed by atoms with Gasteiger partial charge in [-0.3, -0.25) is 5.10 Å². The van der Waals surface area contributed by atoms with Gasteiger partial charge < -0.3 is 9.15 Å². The van der Waals surface area contributed by atoms with Crippen LogP contribution in [0.4, 0.5) is 4.39 Å². The summed E-state index contributed by atoms with van der Waals surface area (Å²) < 4.78 is 26.3. The van der Waals surface area contributed by atoms with E-state index >= 15 is 4.39 Å². The van der Waals surface area contributed by atoms with Crippen molar-refractivity contribution in [1.29, 1.82) is 5.26 Å². The molecule has 4 rings (SSSR count). The number of hydrogen-bond donors (Lipinski definition) is 1. The minimum atomic E-state index is -0.696. The highest BCUT2D eigenvalue weighted by Gasteiger charge is 2.19. The van der Waals surface area contributed by atoms with Gasteiger partial charge in [0.05, 0.1) is 28.8 Å². The number of nitrogens with one attached hydrogen (secondary N) is 1. The Morgan fingerprint density at radius 1 is 1.20 bits per heavy atom. The second-order valence-corrected chi connectivity index (χ2v) is 7.05. The van der Waals surface area contributed by atoms with Gasteiger partial charge in [-0.15, -0.1) is 15.3 Å². The van der Waals surface area contributed by atoms with E-state index in [-0.39, 0.29) is 50.9 Å². The number of halogens is 3. The number of benzene rings is 2. The summed E-state index contributed by atoms with van der Waals surface area (Å²) in [4.78, 5) is 0. The number of H-pyrrole nitrogens is 1. The van der Waals surface area contributed by atoms with Crippen LogP contribution in [0.15, 0.2) is 34.7 Å². The zero-order valence-electron chi connectivity index (χ0n) is 15.3. The fourth-order valence-corrected chi connectivity index (χ4v) is 3.08. The molecule has 0 aliphatic heterocycles. The summed E-state index contributed by atoms with van der Waals surface area (Å²) in [7, 11) is 0. The molecule has 4 aromatic rings. The van der Waals surface area contributed by atoms with Crippen molar-refractivity contribution in [3.8, 4) is 29.2 Å². The van der Waals surface area contributed by atoms with E-state index in [1.165, 1.54) is 30.3 Å². The summed E-state index contributed by atoms with van der Waals surface area (Å²) in [6, 6.07) is 9.29. The second-order valence-electron chi connectivity index (χ2n) is 6.20. The predicted octanol–water partition coefficient (Wildman–Crippen LogP) is 4.86. The number of nitrogens with zero attached hydrogens (tertiary/aromatic N) is 5. The molecule has 2 aromatic carbocycles. The normalized spacial score (nSPS) is 10.8. The first-order valence-corrected chi connectivity index (χ1v) is 9.26. The summed E-state index contributed by atoms with van der Waals surface area (Å²) in [6.45, 7) is 1.76. The van der Waals surface area contributed by atoms with Crippen LogP contribution in [-0.4, -0.2) is 25.6 Å². The molecule has 0 fully saturated rings. The van der Waals surface area contributed by atoms with Gasteiger partial charge in [-0.2, -0.15) is 5.26 Å². The van der Waals surface area contributed by atoms with Gasteiger partial charge in [-0.1, -0.05) is 34.5 Å². The number of hydrogen-bond acceptors (Lipinski definition) is 7. The minimum absolute atomic E-state index is 0.00223. The van der Waals surface area contributed by atoms with Crippen molar-refractivity contribution in [2.24, 2.45) is 0 Å². The van der Waals surface area contributed by atoms with Crippen LogP contribution in [0.2, 0.25) is 10.0 Å². The summed E-state index contributed by atoms with van der Waals surface area (Å²) in [5.41, 5.74) is 1.58. The first-order chi connectivity index (χ1) is 14.4. The van der Waals surface area contributed by atoms with Crippen molar-refractivity contribution in [2.75, 3.05) is 0 Å². The van der Waals surface area contributed by atoms with E-state index in [4.69, 9.17) is 37.6 Å². The third-order valence-corrected chi connectivity index (χ3v) is 4.60. The molecule has 2 heterocycles. The maximum absolute atomic E-state index is 15.1. The Labute approximate surface area is 179 Å². The van der Waals surface area contributed by atoms with Crippen LogP contribution >= 0.6 is 23.2 Å². The van der Waals surface area contributed by atoms with Crippen molar-refractivity contribution in [2.45, 2.75) is 13.3 Å². The van der Waals surface area contributed by atoms with Gasteiger partial charge in [-0.05, 0) is 31.2 Å². The van der Waals surface area contributed by atoms with Gasteiger partial charge in [0.1, 0.15) is 5.75 Å². The third-order valence-electron chi connectivity index (χ3n) is 4.08. The Kier molecular flexibility index (Phi) is 5.35. The van der Waals surface area contributed by atoms with E-state index in [0.717, 1.165) is 0 Å². The lowest BCUT2D eigenvalue weighted by Crippen LogP contribution is -1.98. The number of nitriles is 1. The Morgan fingerprint density at radius 2 is 2.03 bits per heavy atom. The molecule has 30 heavy (non-hydrogen) atoms. The van der Waals surface area contributed by atoms with Crippen LogP contribution in [0.1, 0.15) is 22.7 Å². The summed E-state index contributed by atoms with van der Waals surface area (Å²) in [5, 5.41) is 27.4. The summed E-state index contributed by atoms with van der Waals surface area (Å²) in [5.74, 6) is -0.372. The van der Waals surface area contributed by atoms with Crippen molar-refractivity contribution >= 4 is 23.2 Å². The fourth-order valence-electron chi connectivity index (χ4n) is 2.67. The van der Waals surface area contributed by atoms with Crippen molar-refractivity contribution in [3.05, 3.63) is 68.9 Å². The molecule has 0 aliphatic rings. The molecule has 0 spiro atoms. The van der Waals surface area contributed by atoms with Gasteiger partial charge in [0.15, 0.2) is 17.3 Å². The average molecular weight is 445 g/mol. The molecule has 0 aliphatic carbocycles. The van der Waals surface area contributed by atoms with Crippen LogP contribution in [-0.2, 0) is 6.42 Å². The molecule has 0 atom stereocenters. The van der Waals surface area contributed by atoms with E-state index in [1.54, 1.807) is 6.92 Å². The lowest BCUT2D eigenvalue weighted by molar-refractivity contribution is 0.437. The Bertz CT molecular complexity index is 1280. The zero-order valence-corrected chi connectivity index (χ0v) is 16.8. The van der Waals surface area contributed by atoms with E-state index in [9.17, 15) is 0 Å². The van der Waals surface area contributed by atoms with Crippen LogP contribution in [0, 0.1) is 24.1 Å². The quantitative estimate of drug-likeness (QED) is 0.467. The molecule has 0 amide bonds. The Morgan fingerprint density at radius 3 is 2.77 bits per heavy atom. The Hall–Kier alpha value is -3.48. The van der Waals surface area contributed by atoms with Gasteiger partial charge in [0.2, 0.25) is 5.89 Å². The zero-order chi connectivity index (χ0) is 21.3. The molecule has 0 saturated heterocycles. The lowest BCUT2D eigenvalue weighted by atomic mass is 10.1. The molecule has 0 bridgehead atoms. The van der Waals surface area contributed by atoms with Crippen LogP contribution in [0.25, 0.3) is 11.6 Å².